The van der Waals surface area contributed by atoms with E-state index in [1.807, 2.05) is 0 Å². The highest BCUT2D eigenvalue weighted by Crippen LogP contribution is 2.55. The van der Waals surface area contributed by atoms with Gasteiger partial charge in [0.2, 0.25) is 6.29 Å². The molecule has 0 radical (unpaired) electrons. The quantitative estimate of drug-likeness (QED) is 0.245. The van der Waals surface area contributed by atoms with Crippen LogP contribution >= 0.6 is 31.0 Å². The highest BCUT2D eigenvalue weighted by Gasteiger charge is 2.43. The fraction of sp³-hybridized carbons (Fsp3) is 0.700. The van der Waals surface area contributed by atoms with Crippen LogP contribution in [0.2, 0.25) is 0 Å². The molecule has 110 valence electrons. The van der Waals surface area contributed by atoms with Crippen LogP contribution < -0.4 is 0 Å². The lowest BCUT2D eigenvalue weighted by Gasteiger charge is -2.36. The summed E-state index contributed by atoms with van der Waals surface area (Å²) in [6, 6.07) is 0. The predicted octanol–water partition coefficient (Wildman–Crippen LogP) is 2.70. The molecule has 0 aliphatic carbocycles. The Kier molecular flexibility index (Phi) is 6.30. The van der Waals surface area contributed by atoms with Crippen molar-refractivity contribution >= 4 is 37.0 Å². The third-order valence-electron chi connectivity index (χ3n) is 2.35. The largest absolute Gasteiger partial charge is 0.477 e. The van der Waals surface area contributed by atoms with Crippen molar-refractivity contribution in [1.29, 1.82) is 0 Å². The summed E-state index contributed by atoms with van der Waals surface area (Å²) in [5.74, 6) is -0.290. The minimum Gasteiger partial charge on any atom is -0.432 e. The Morgan fingerprint density at radius 3 is 2.42 bits per heavy atom. The molecule has 1 atom stereocenters. The van der Waals surface area contributed by atoms with E-state index < -0.39 is 25.5 Å². The third kappa shape index (κ3) is 4.74. The molecule has 0 N–H and O–H groups in total. The molecule has 0 amide bonds. The van der Waals surface area contributed by atoms with Gasteiger partial charge in [-0.2, -0.15) is 0 Å². The first-order valence-electron chi connectivity index (χ1n) is 5.41. The molecule has 9 heteroatoms. The van der Waals surface area contributed by atoms with Gasteiger partial charge >= 0.3 is 13.8 Å². The number of hydrogen-bond donors (Lipinski definition) is 0. The minimum atomic E-state index is -3.77. The summed E-state index contributed by atoms with van der Waals surface area (Å²) in [7, 11) is -3.77. The first-order valence-corrected chi connectivity index (χ1v) is 7.94. The topological polar surface area (TPSA) is 71.1 Å². The highest BCUT2D eigenvalue weighted by atomic mass is 35.5. The Bertz CT molecular complexity index is 370. The van der Waals surface area contributed by atoms with Gasteiger partial charge in [0.1, 0.15) is 0 Å². The molecular weight excluding hydrogens is 318 g/mol. The molecule has 0 aromatic carbocycles. The van der Waals surface area contributed by atoms with Crippen molar-refractivity contribution in [3.05, 3.63) is 12.7 Å². The van der Waals surface area contributed by atoms with Gasteiger partial charge in [-0.05, 0) is 6.92 Å². The summed E-state index contributed by atoms with van der Waals surface area (Å²) in [4.78, 5) is 10.9. The molecule has 1 aliphatic heterocycles. The summed E-state index contributed by atoms with van der Waals surface area (Å²) in [5.41, 5.74) is -0.596. The number of ether oxygens (including phenoxy) is 1. The number of alkyl halides is 2. The lowest BCUT2D eigenvalue weighted by molar-refractivity contribution is -0.158. The number of carbonyl (C=O) groups excluding carboxylic acids is 1. The van der Waals surface area contributed by atoms with Crippen LogP contribution in [0, 0.1) is 5.41 Å². The number of hydrogen-bond acceptors (Lipinski definition) is 6. The second kappa shape index (κ2) is 7.07. The van der Waals surface area contributed by atoms with Crippen molar-refractivity contribution in [3.8, 4) is 0 Å². The van der Waals surface area contributed by atoms with Gasteiger partial charge in [-0.1, -0.05) is 6.58 Å². The van der Waals surface area contributed by atoms with Gasteiger partial charge in [0.25, 0.3) is 0 Å². The van der Waals surface area contributed by atoms with Gasteiger partial charge in [-0.3, -0.25) is 9.05 Å². The molecule has 0 spiro atoms. The van der Waals surface area contributed by atoms with Gasteiger partial charge in [0.05, 0.1) is 13.2 Å². The van der Waals surface area contributed by atoms with Crippen molar-refractivity contribution in [1.82, 2.24) is 0 Å². The number of phosphoric acid groups is 1. The standard InChI is InChI=1S/C10H15Cl2O6P/c1-3-9(13)17-8(2)18-19(14)15-6-10(4-11,5-12)7-16-19/h3,8H,1,4-7H2,2H3. The van der Waals surface area contributed by atoms with E-state index in [9.17, 15) is 9.36 Å². The normalized spacial score (nSPS) is 22.5. The van der Waals surface area contributed by atoms with Crippen LogP contribution in [0.15, 0.2) is 12.7 Å². The molecule has 1 unspecified atom stereocenters. The second-order valence-corrected chi connectivity index (χ2v) is 6.23. The fourth-order valence-corrected chi connectivity index (χ4v) is 3.24. The molecule has 1 fully saturated rings. The number of carbonyl (C=O) groups is 1. The zero-order chi connectivity index (χ0) is 14.5. The van der Waals surface area contributed by atoms with Gasteiger partial charge < -0.3 is 4.74 Å². The smallest absolute Gasteiger partial charge is 0.432 e. The molecule has 1 aliphatic rings. The molecule has 0 aromatic heterocycles. The summed E-state index contributed by atoms with van der Waals surface area (Å²) in [6.45, 7) is 4.70. The molecule has 1 rings (SSSR count). The molecular formula is C10H15Cl2O6P. The number of rotatable bonds is 6. The Hall–Kier alpha value is -0.100. The summed E-state index contributed by atoms with van der Waals surface area (Å²) in [5, 5.41) is 0. The molecule has 0 saturated carbocycles. The Morgan fingerprint density at radius 2 is 2.00 bits per heavy atom. The van der Waals surface area contributed by atoms with Gasteiger partial charge in [-0.15, -0.1) is 23.2 Å². The zero-order valence-corrected chi connectivity index (χ0v) is 12.7. The predicted molar refractivity (Wildman–Crippen MR) is 70.2 cm³/mol. The van der Waals surface area contributed by atoms with Crippen molar-refractivity contribution in [2.45, 2.75) is 13.2 Å². The second-order valence-electron chi connectivity index (χ2n) is 4.08. The monoisotopic (exact) mass is 332 g/mol. The molecule has 19 heavy (non-hydrogen) atoms. The average Bonchev–Trinajstić information content (AvgIpc) is 2.39. The van der Waals surface area contributed by atoms with Crippen LogP contribution in [0.5, 0.6) is 0 Å². The molecule has 1 saturated heterocycles. The average molecular weight is 333 g/mol. The van der Waals surface area contributed by atoms with Crippen LogP contribution in [-0.4, -0.2) is 37.2 Å². The number of halogens is 2. The highest BCUT2D eigenvalue weighted by molar-refractivity contribution is 7.48. The van der Waals surface area contributed by atoms with Gasteiger partial charge in [0.15, 0.2) is 0 Å². The number of phosphoric ester groups is 1. The van der Waals surface area contributed by atoms with Gasteiger partial charge in [-0.25, -0.2) is 13.9 Å². The van der Waals surface area contributed by atoms with Crippen molar-refractivity contribution in [2.24, 2.45) is 5.41 Å². The van der Waals surface area contributed by atoms with Gasteiger partial charge in [0, 0.05) is 23.3 Å². The molecule has 0 bridgehead atoms. The maximum atomic E-state index is 12.1. The Morgan fingerprint density at radius 1 is 1.47 bits per heavy atom. The van der Waals surface area contributed by atoms with E-state index in [4.69, 9.17) is 41.5 Å². The third-order valence-corrected chi connectivity index (χ3v) is 4.93. The maximum absolute atomic E-state index is 12.1. The summed E-state index contributed by atoms with van der Waals surface area (Å²) >= 11 is 11.5. The number of esters is 1. The Balaban J connectivity index is 2.54. The van der Waals surface area contributed by atoms with Crippen LogP contribution in [-0.2, 0) is 27.7 Å². The maximum Gasteiger partial charge on any atom is 0.477 e. The first kappa shape index (κ1) is 17.0. The van der Waals surface area contributed by atoms with Crippen molar-refractivity contribution < 1.29 is 27.7 Å². The van der Waals surface area contributed by atoms with E-state index in [0.29, 0.717) is 0 Å². The van der Waals surface area contributed by atoms with E-state index in [0.717, 1.165) is 6.08 Å². The van der Waals surface area contributed by atoms with E-state index in [1.165, 1.54) is 6.92 Å². The SMILES string of the molecule is C=CC(=O)OC(C)OP1(=O)OCC(CCl)(CCl)CO1. The van der Waals surface area contributed by atoms with Crippen LogP contribution in [0.3, 0.4) is 0 Å². The van der Waals surface area contributed by atoms with Crippen LogP contribution in [0.25, 0.3) is 0 Å². The van der Waals surface area contributed by atoms with Crippen molar-refractivity contribution in [2.75, 3.05) is 25.0 Å². The lowest BCUT2D eigenvalue weighted by Crippen LogP contribution is -2.39. The fourth-order valence-electron chi connectivity index (χ4n) is 1.18. The lowest BCUT2D eigenvalue weighted by atomic mass is 9.96. The minimum absolute atomic E-state index is 0.0411. The van der Waals surface area contributed by atoms with Crippen LogP contribution in [0.4, 0.5) is 0 Å². The first-order chi connectivity index (χ1) is 8.88. The Labute approximate surface area is 121 Å². The van der Waals surface area contributed by atoms with E-state index in [-0.39, 0.29) is 25.0 Å². The summed E-state index contributed by atoms with van der Waals surface area (Å²) < 4.78 is 31.9. The van der Waals surface area contributed by atoms with Crippen LogP contribution in [0.1, 0.15) is 6.92 Å². The molecule has 6 nitrogen and oxygen atoms in total. The van der Waals surface area contributed by atoms with E-state index in [2.05, 4.69) is 6.58 Å². The zero-order valence-electron chi connectivity index (χ0n) is 10.3. The molecule has 1 heterocycles. The van der Waals surface area contributed by atoms with E-state index in [1.54, 1.807) is 0 Å². The van der Waals surface area contributed by atoms with E-state index >= 15 is 0 Å². The van der Waals surface area contributed by atoms with Crippen molar-refractivity contribution in [3.63, 3.8) is 0 Å². The summed E-state index contributed by atoms with van der Waals surface area (Å²) in [6.07, 6.45) is -0.125. The molecule has 0 aromatic rings.